The number of hydrogen-bond donors (Lipinski definition) is 1. The molecule has 4 heteroatoms. The molecule has 0 radical (unpaired) electrons. The van der Waals surface area contributed by atoms with Crippen molar-refractivity contribution >= 4 is 0 Å². The van der Waals surface area contributed by atoms with Gasteiger partial charge in [-0.15, -0.1) is 0 Å². The number of aryl methyl sites for hydroxylation is 1. The molecule has 0 amide bonds. The van der Waals surface area contributed by atoms with Crippen LogP contribution < -0.4 is 5.32 Å². The third-order valence-electron chi connectivity index (χ3n) is 4.17. The fourth-order valence-electron chi connectivity index (χ4n) is 2.60. The summed E-state index contributed by atoms with van der Waals surface area (Å²) in [5.74, 6) is 2.68. The molecule has 2 heterocycles. The fraction of sp³-hybridized carbons (Fsp3) is 0.750. The van der Waals surface area contributed by atoms with Crippen LogP contribution in [0, 0.1) is 12.8 Å². The summed E-state index contributed by atoms with van der Waals surface area (Å²) in [6.07, 6.45) is 4.86. The van der Waals surface area contributed by atoms with Crippen LogP contribution in [0.1, 0.15) is 42.8 Å². The lowest BCUT2D eigenvalue weighted by Crippen LogP contribution is -2.20. The summed E-state index contributed by atoms with van der Waals surface area (Å²) in [7, 11) is 0. The summed E-state index contributed by atoms with van der Waals surface area (Å²) >= 11 is 0. The first-order valence-corrected chi connectivity index (χ1v) is 7.78. The highest BCUT2D eigenvalue weighted by Gasteiger charge is 2.21. The van der Waals surface area contributed by atoms with Gasteiger partial charge < -0.3 is 19.2 Å². The number of ether oxygens (including phenoxy) is 2. The van der Waals surface area contributed by atoms with Crippen molar-refractivity contribution in [3.8, 4) is 0 Å². The van der Waals surface area contributed by atoms with E-state index in [0.29, 0.717) is 18.6 Å². The zero-order valence-corrected chi connectivity index (χ0v) is 12.3. The third kappa shape index (κ3) is 4.08. The van der Waals surface area contributed by atoms with E-state index in [1.54, 1.807) is 0 Å². The summed E-state index contributed by atoms with van der Waals surface area (Å²) in [5, 5.41) is 3.47. The molecule has 1 aliphatic carbocycles. The van der Waals surface area contributed by atoms with Gasteiger partial charge in [0.1, 0.15) is 11.5 Å². The predicted molar refractivity (Wildman–Crippen MR) is 76.5 cm³/mol. The first-order valence-electron chi connectivity index (χ1n) is 7.78. The molecule has 1 saturated carbocycles. The van der Waals surface area contributed by atoms with Crippen LogP contribution in [0.3, 0.4) is 0 Å². The van der Waals surface area contributed by atoms with Crippen molar-refractivity contribution in [1.82, 2.24) is 5.32 Å². The van der Waals surface area contributed by atoms with Crippen molar-refractivity contribution in [2.75, 3.05) is 19.8 Å². The molecule has 2 aliphatic rings. The Labute approximate surface area is 120 Å². The molecule has 0 aromatic carbocycles. The second kappa shape index (κ2) is 6.74. The molecule has 4 nitrogen and oxygen atoms in total. The van der Waals surface area contributed by atoms with Crippen molar-refractivity contribution in [1.29, 1.82) is 0 Å². The highest BCUT2D eigenvalue weighted by atomic mass is 16.5. The largest absolute Gasteiger partial charge is 0.465 e. The monoisotopic (exact) mass is 279 g/mol. The lowest BCUT2D eigenvalue weighted by Gasteiger charge is -2.21. The maximum atomic E-state index is 5.86. The molecule has 3 rings (SSSR count). The molecule has 112 valence electrons. The smallest absolute Gasteiger partial charge is 0.118 e. The Morgan fingerprint density at radius 2 is 2.05 bits per heavy atom. The SMILES string of the molecule is Cc1oc(CNC2CC2)cc1COCC1CCOCC1. The molecule has 2 fully saturated rings. The van der Waals surface area contributed by atoms with Gasteiger partial charge in [0.25, 0.3) is 0 Å². The Balaban J connectivity index is 1.41. The van der Waals surface area contributed by atoms with Crippen molar-refractivity contribution in [3.63, 3.8) is 0 Å². The van der Waals surface area contributed by atoms with E-state index in [4.69, 9.17) is 13.9 Å². The van der Waals surface area contributed by atoms with Crippen molar-refractivity contribution < 1.29 is 13.9 Å². The third-order valence-corrected chi connectivity index (χ3v) is 4.17. The highest BCUT2D eigenvalue weighted by molar-refractivity contribution is 5.20. The molecule has 0 spiro atoms. The van der Waals surface area contributed by atoms with Crippen LogP contribution in [0.2, 0.25) is 0 Å². The average molecular weight is 279 g/mol. The number of furan rings is 1. The summed E-state index contributed by atoms with van der Waals surface area (Å²) < 4.78 is 17.0. The van der Waals surface area contributed by atoms with Gasteiger partial charge >= 0.3 is 0 Å². The molecule has 1 N–H and O–H groups in total. The van der Waals surface area contributed by atoms with Crippen molar-refractivity contribution in [3.05, 3.63) is 23.2 Å². The predicted octanol–water partition coefficient (Wildman–Crippen LogP) is 2.78. The standard InChI is InChI=1S/C16H25NO3/c1-12-14(8-16(20-12)9-17-15-2-3-15)11-19-10-13-4-6-18-7-5-13/h8,13,15,17H,2-7,9-11H2,1H3. The maximum Gasteiger partial charge on any atom is 0.118 e. The number of rotatable bonds is 7. The molecule has 1 saturated heterocycles. The molecule has 0 bridgehead atoms. The van der Waals surface area contributed by atoms with Gasteiger partial charge in [-0.25, -0.2) is 0 Å². The number of hydrogen-bond acceptors (Lipinski definition) is 4. The quantitative estimate of drug-likeness (QED) is 0.833. The highest BCUT2D eigenvalue weighted by Crippen LogP contribution is 2.21. The van der Waals surface area contributed by atoms with Gasteiger partial charge in [-0.3, -0.25) is 0 Å². The molecule has 1 aromatic heterocycles. The second-order valence-electron chi connectivity index (χ2n) is 6.02. The van der Waals surface area contributed by atoms with Crippen molar-refractivity contribution in [2.24, 2.45) is 5.92 Å². The van der Waals surface area contributed by atoms with E-state index < -0.39 is 0 Å². The van der Waals surface area contributed by atoms with E-state index in [-0.39, 0.29) is 0 Å². The number of nitrogens with one attached hydrogen (secondary N) is 1. The minimum atomic E-state index is 0.659. The van der Waals surface area contributed by atoms with E-state index >= 15 is 0 Å². The Morgan fingerprint density at radius 3 is 2.80 bits per heavy atom. The van der Waals surface area contributed by atoms with Crippen LogP contribution in [-0.2, 0) is 22.6 Å². The van der Waals surface area contributed by atoms with Gasteiger partial charge in [0.05, 0.1) is 19.8 Å². The van der Waals surface area contributed by atoms with Crippen LogP contribution in [0.25, 0.3) is 0 Å². The minimum absolute atomic E-state index is 0.659. The Bertz CT molecular complexity index is 419. The fourth-order valence-corrected chi connectivity index (χ4v) is 2.60. The molecule has 20 heavy (non-hydrogen) atoms. The molecule has 1 aliphatic heterocycles. The van der Waals surface area contributed by atoms with Crippen LogP contribution in [0.4, 0.5) is 0 Å². The maximum absolute atomic E-state index is 5.86. The van der Waals surface area contributed by atoms with E-state index in [9.17, 15) is 0 Å². The van der Waals surface area contributed by atoms with Crippen LogP contribution in [-0.4, -0.2) is 25.9 Å². The molecule has 0 atom stereocenters. The first kappa shape index (κ1) is 14.1. The van der Waals surface area contributed by atoms with Gasteiger partial charge in [-0.2, -0.15) is 0 Å². The van der Waals surface area contributed by atoms with Gasteiger partial charge in [0.2, 0.25) is 0 Å². The van der Waals surface area contributed by atoms with Gasteiger partial charge in [0, 0.05) is 24.8 Å². The molecular weight excluding hydrogens is 254 g/mol. The lowest BCUT2D eigenvalue weighted by molar-refractivity contribution is 0.0155. The van der Waals surface area contributed by atoms with Crippen molar-refractivity contribution in [2.45, 2.75) is 51.8 Å². The minimum Gasteiger partial charge on any atom is -0.465 e. The van der Waals surface area contributed by atoms with Gasteiger partial charge in [-0.1, -0.05) is 0 Å². The van der Waals surface area contributed by atoms with Crippen LogP contribution >= 0.6 is 0 Å². The zero-order chi connectivity index (χ0) is 13.8. The van der Waals surface area contributed by atoms with E-state index in [0.717, 1.165) is 50.7 Å². The van der Waals surface area contributed by atoms with E-state index in [1.807, 2.05) is 6.92 Å². The van der Waals surface area contributed by atoms with Gasteiger partial charge in [-0.05, 0) is 44.6 Å². The molecular formula is C16H25NO3. The lowest BCUT2D eigenvalue weighted by atomic mass is 10.0. The summed E-state index contributed by atoms with van der Waals surface area (Å²) in [4.78, 5) is 0. The van der Waals surface area contributed by atoms with Crippen LogP contribution in [0.15, 0.2) is 10.5 Å². The molecule has 0 unspecified atom stereocenters. The van der Waals surface area contributed by atoms with E-state index in [2.05, 4.69) is 11.4 Å². The summed E-state index contributed by atoms with van der Waals surface area (Å²) in [6.45, 7) is 6.13. The first-order chi connectivity index (χ1) is 9.81. The van der Waals surface area contributed by atoms with Crippen LogP contribution in [0.5, 0.6) is 0 Å². The zero-order valence-electron chi connectivity index (χ0n) is 12.3. The van der Waals surface area contributed by atoms with Gasteiger partial charge in [0.15, 0.2) is 0 Å². The molecule has 1 aromatic rings. The Morgan fingerprint density at radius 1 is 1.25 bits per heavy atom. The Hall–Kier alpha value is -0.840. The van der Waals surface area contributed by atoms with E-state index in [1.165, 1.54) is 18.4 Å². The summed E-state index contributed by atoms with van der Waals surface area (Å²) in [6, 6.07) is 2.85. The Kier molecular flexibility index (Phi) is 4.76. The summed E-state index contributed by atoms with van der Waals surface area (Å²) in [5.41, 5.74) is 1.18. The topological polar surface area (TPSA) is 43.6 Å². The normalized spacial score (nSPS) is 20.4. The average Bonchev–Trinajstić information content (AvgIpc) is 3.23. The second-order valence-corrected chi connectivity index (χ2v) is 6.02.